The van der Waals surface area contributed by atoms with Crippen molar-refractivity contribution in [3.63, 3.8) is 0 Å². The smallest absolute Gasteiger partial charge is 0.0480 e. The molecule has 1 aliphatic rings. The van der Waals surface area contributed by atoms with Crippen molar-refractivity contribution in [3.8, 4) is 0 Å². The number of hydrogen-bond acceptors (Lipinski definition) is 2. The standard InChI is InChI=1S/C22H27N3/c1-17(20-15-24(2)22-11-7-6-10-19(20)22)21-16-25(13-12-23-21)14-18-8-4-3-5-9-18/h3-11,15,17,21,23H,12-14,16H2,1-2H3. The summed E-state index contributed by atoms with van der Waals surface area (Å²) in [6, 6.07) is 20.0. The summed E-state index contributed by atoms with van der Waals surface area (Å²) in [6.45, 7) is 6.69. The fraction of sp³-hybridized carbons (Fsp3) is 0.364. The highest BCUT2D eigenvalue weighted by Gasteiger charge is 2.27. The van der Waals surface area contributed by atoms with Crippen LogP contribution in [0.25, 0.3) is 10.9 Å². The lowest BCUT2D eigenvalue weighted by Crippen LogP contribution is -2.52. The van der Waals surface area contributed by atoms with Gasteiger partial charge in [0.1, 0.15) is 0 Å². The summed E-state index contributed by atoms with van der Waals surface area (Å²) in [7, 11) is 2.15. The molecule has 2 aromatic carbocycles. The number of piperazine rings is 1. The highest BCUT2D eigenvalue weighted by Crippen LogP contribution is 2.30. The number of benzene rings is 2. The molecular formula is C22H27N3. The SMILES string of the molecule is CC(c1cn(C)c2ccccc12)C1CN(Cc2ccccc2)CCN1. The molecule has 3 heteroatoms. The van der Waals surface area contributed by atoms with Crippen LogP contribution in [0.5, 0.6) is 0 Å². The third kappa shape index (κ3) is 3.35. The summed E-state index contributed by atoms with van der Waals surface area (Å²) >= 11 is 0. The maximum absolute atomic E-state index is 3.76. The summed E-state index contributed by atoms with van der Waals surface area (Å²) in [4.78, 5) is 2.58. The first-order valence-corrected chi connectivity index (χ1v) is 9.26. The van der Waals surface area contributed by atoms with Gasteiger partial charge in [-0.3, -0.25) is 4.90 Å². The largest absolute Gasteiger partial charge is 0.350 e. The number of aromatic nitrogens is 1. The monoisotopic (exact) mass is 333 g/mol. The van der Waals surface area contributed by atoms with E-state index in [1.54, 1.807) is 0 Å². The molecule has 2 unspecified atom stereocenters. The van der Waals surface area contributed by atoms with Gasteiger partial charge in [0.15, 0.2) is 0 Å². The molecule has 3 nitrogen and oxygen atoms in total. The van der Waals surface area contributed by atoms with Gasteiger partial charge in [-0.15, -0.1) is 0 Å². The van der Waals surface area contributed by atoms with E-state index in [2.05, 4.69) is 89.5 Å². The minimum atomic E-state index is 0.489. The molecule has 1 fully saturated rings. The predicted molar refractivity (Wildman–Crippen MR) is 105 cm³/mol. The third-order valence-corrected chi connectivity index (χ3v) is 5.56. The van der Waals surface area contributed by atoms with Crippen LogP contribution < -0.4 is 5.32 Å². The highest BCUT2D eigenvalue weighted by atomic mass is 15.2. The van der Waals surface area contributed by atoms with Crippen LogP contribution in [-0.2, 0) is 13.6 Å². The Balaban J connectivity index is 1.52. The van der Waals surface area contributed by atoms with E-state index in [1.807, 2.05) is 0 Å². The molecule has 0 saturated carbocycles. The van der Waals surface area contributed by atoms with Gasteiger partial charge in [-0.05, 0) is 23.1 Å². The Kier molecular flexibility index (Phi) is 4.60. The van der Waals surface area contributed by atoms with Crippen molar-refractivity contribution in [1.29, 1.82) is 0 Å². The van der Waals surface area contributed by atoms with Gasteiger partial charge >= 0.3 is 0 Å². The Bertz CT molecular complexity index is 837. The second-order valence-corrected chi connectivity index (χ2v) is 7.28. The summed E-state index contributed by atoms with van der Waals surface area (Å²) in [6.07, 6.45) is 2.31. The number of para-hydroxylation sites is 1. The van der Waals surface area contributed by atoms with Crippen LogP contribution in [-0.4, -0.2) is 35.1 Å². The molecule has 25 heavy (non-hydrogen) atoms. The van der Waals surface area contributed by atoms with Gasteiger partial charge in [0.25, 0.3) is 0 Å². The molecular weight excluding hydrogens is 306 g/mol. The van der Waals surface area contributed by atoms with Crippen molar-refractivity contribution in [2.24, 2.45) is 7.05 Å². The Hall–Kier alpha value is -2.10. The molecule has 2 atom stereocenters. The van der Waals surface area contributed by atoms with Crippen LogP contribution >= 0.6 is 0 Å². The van der Waals surface area contributed by atoms with E-state index < -0.39 is 0 Å². The minimum Gasteiger partial charge on any atom is -0.350 e. The molecule has 0 amide bonds. The average molecular weight is 333 g/mol. The van der Waals surface area contributed by atoms with Gasteiger partial charge in [-0.25, -0.2) is 0 Å². The molecule has 1 N–H and O–H groups in total. The number of aryl methyl sites for hydroxylation is 1. The van der Waals surface area contributed by atoms with Crippen molar-refractivity contribution in [2.45, 2.75) is 25.4 Å². The van der Waals surface area contributed by atoms with Crippen LogP contribution in [0, 0.1) is 0 Å². The van der Waals surface area contributed by atoms with Gasteiger partial charge < -0.3 is 9.88 Å². The molecule has 2 heterocycles. The molecule has 0 aliphatic carbocycles. The first kappa shape index (κ1) is 16.4. The lowest BCUT2D eigenvalue weighted by atomic mass is 9.91. The Morgan fingerprint density at radius 1 is 1.08 bits per heavy atom. The zero-order valence-electron chi connectivity index (χ0n) is 15.2. The average Bonchev–Trinajstić information content (AvgIpc) is 2.99. The molecule has 1 aromatic heterocycles. The fourth-order valence-electron chi connectivity index (χ4n) is 4.11. The van der Waals surface area contributed by atoms with Gasteiger partial charge in [0.05, 0.1) is 0 Å². The summed E-state index contributed by atoms with van der Waals surface area (Å²) in [5.74, 6) is 0.490. The molecule has 0 bridgehead atoms. The molecule has 3 aromatic rings. The molecule has 1 aliphatic heterocycles. The molecule has 4 rings (SSSR count). The van der Waals surface area contributed by atoms with E-state index >= 15 is 0 Å². The lowest BCUT2D eigenvalue weighted by molar-refractivity contribution is 0.180. The number of fused-ring (bicyclic) bond motifs is 1. The fourth-order valence-corrected chi connectivity index (χ4v) is 4.11. The van der Waals surface area contributed by atoms with E-state index in [4.69, 9.17) is 0 Å². The van der Waals surface area contributed by atoms with Gasteiger partial charge in [0, 0.05) is 56.4 Å². The first-order valence-electron chi connectivity index (χ1n) is 9.26. The zero-order valence-corrected chi connectivity index (χ0v) is 15.2. The number of nitrogens with one attached hydrogen (secondary N) is 1. The Morgan fingerprint density at radius 2 is 1.84 bits per heavy atom. The maximum atomic E-state index is 3.76. The second-order valence-electron chi connectivity index (χ2n) is 7.28. The van der Waals surface area contributed by atoms with Crippen molar-refractivity contribution in [1.82, 2.24) is 14.8 Å². The van der Waals surface area contributed by atoms with Gasteiger partial charge in [0.2, 0.25) is 0 Å². The van der Waals surface area contributed by atoms with Crippen LogP contribution in [0.4, 0.5) is 0 Å². The molecule has 0 spiro atoms. The van der Waals surface area contributed by atoms with Gasteiger partial charge in [-0.1, -0.05) is 55.5 Å². The second kappa shape index (κ2) is 7.03. The van der Waals surface area contributed by atoms with Crippen molar-refractivity contribution < 1.29 is 0 Å². The molecule has 1 saturated heterocycles. The lowest BCUT2D eigenvalue weighted by Gasteiger charge is -2.36. The first-order chi connectivity index (χ1) is 12.2. The normalized spacial score (nSPS) is 20.0. The van der Waals surface area contributed by atoms with E-state index in [0.29, 0.717) is 12.0 Å². The van der Waals surface area contributed by atoms with E-state index in [-0.39, 0.29) is 0 Å². The molecule has 130 valence electrons. The van der Waals surface area contributed by atoms with E-state index in [9.17, 15) is 0 Å². The number of nitrogens with zero attached hydrogens (tertiary/aromatic N) is 2. The highest BCUT2D eigenvalue weighted by molar-refractivity contribution is 5.84. The Labute approximate surface area is 150 Å². The van der Waals surface area contributed by atoms with E-state index in [1.165, 1.54) is 22.0 Å². The van der Waals surface area contributed by atoms with Crippen LogP contribution in [0.2, 0.25) is 0 Å². The summed E-state index contributed by atoms with van der Waals surface area (Å²) < 4.78 is 2.26. The molecule has 0 radical (unpaired) electrons. The van der Waals surface area contributed by atoms with E-state index in [0.717, 1.165) is 26.2 Å². The maximum Gasteiger partial charge on any atom is 0.0480 e. The van der Waals surface area contributed by atoms with Crippen molar-refractivity contribution >= 4 is 10.9 Å². The van der Waals surface area contributed by atoms with Gasteiger partial charge in [-0.2, -0.15) is 0 Å². The Morgan fingerprint density at radius 3 is 2.68 bits per heavy atom. The quantitative estimate of drug-likeness (QED) is 0.784. The third-order valence-electron chi connectivity index (χ3n) is 5.56. The summed E-state index contributed by atoms with van der Waals surface area (Å²) in [5, 5.41) is 5.14. The van der Waals surface area contributed by atoms with Crippen LogP contribution in [0.15, 0.2) is 60.8 Å². The van der Waals surface area contributed by atoms with Crippen LogP contribution in [0.3, 0.4) is 0 Å². The number of rotatable bonds is 4. The van der Waals surface area contributed by atoms with Crippen molar-refractivity contribution in [3.05, 3.63) is 71.9 Å². The predicted octanol–water partition coefficient (Wildman–Crippen LogP) is 3.76. The zero-order chi connectivity index (χ0) is 17.2. The topological polar surface area (TPSA) is 20.2 Å². The number of hydrogen-bond donors (Lipinski definition) is 1. The van der Waals surface area contributed by atoms with Crippen molar-refractivity contribution in [2.75, 3.05) is 19.6 Å². The minimum absolute atomic E-state index is 0.489. The van der Waals surface area contributed by atoms with Crippen LogP contribution in [0.1, 0.15) is 24.0 Å². The summed E-state index contributed by atoms with van der Waals surface area (Å²) in [5.41, 5.74) is 4.18.